The van der Waals surface area contributed by atoms with Crippen LogP contribution in [0.15, 0.2) is 224 Å². The Morgan fingerprint density at radius 3 is 1.59 bits per heavy atom. The minimum atomic E-state index is 1.09. The summed E-state index contributed by atoms with van der Waals surface area (Å²) in [5.74, 6) is 0. The zero-order valence-corrected chi connectivity index (χ0v) is 32.8. The van der Waals surface area contributed by atoms with Crippen LogP contribution in [0.1, 0.15) is 5.56 Å². The standard InChI is InChI=1S/C57H40N2/c1-39-36-44(32-34-46(39)40-18-4-2-5-19-40)58-54-30-16-15-29-52(54)53-35-33-45(38-56(53)58)59(57-48-25-10-8-22-42(48)37-43-23-9-11-26-49(43)57)55-31-17-14-28-51(55)50-27-13-12-24-47(50)41-20-6-3-7-21-41/h2-38H,1H3. The summed E-state index contributed by atoms with van der Waals surface area (Å²) < 4.78 is 2.45. The number of benzene rings is 10. The molecule has 278 valence electrons. The van der Waals surface area contributed by atoms with E-state index in [1.807, 2.05) is 0 Å². The molecule has 0 aliphatic heterocycles. The van der Waals surface area contributed by atoms with Crippen LogP contribution in [0, 0.1) is 6.92 Å². The Morgan fingerprint density at radius 2 is 0.898 bits per heavy atom. The van der Waals surface area contributed by atoms with Crippen molar-refractivity contribution >= 4 is 60.4 Å². The molecule has 0 aliphatic carbocycles. The minimum absolute atomic E-state index is 1.09. The Morgan fingerprint density at radius 1 is 0.356 bits per heavy atom. The summed E-state index contributed by atoms with van der Waals surface area (Å²) in [5.41, 5.74) is 15.3. The van der Waals surface area contributed by atoms with Crippen molar-refractivity contribution < 1.29 is 0 Å². The fourth-order valence-electron chi connectivity index (χ4n) is 9.21. The number of rotatable bonds is 7. The predicted octanol–water partition coefficient (Wildman–Crippen LogP) is 15.9. The molecule has 2 heteroatoms. The summed E-state index contributed by atoms with van der Waals surface area (Å²) in [5, 5.41) is 7.27. The molecule has 0 radical (unpaired) electrons. The zero-order chi connectivity index (χ0) is 39.3. The van der Waals surface area contributed by atoms with Gasteiger partial charge in [0.15, 0.2) is 0 Å². The molecule has 1 aromatic heterocycles. The van der Waals surface area contributed by atoms with E-state index >= 15 is 0 Å². The quantitative estimate of drug-likeness (QED) is 0.147. The van der Waals surface area contributed by atoms with Crippen LogP contribution in [-0.4, -0.2) is 4.57 Å². The van der Waals surface area contributed by atoms with Crippen LogP contribution >= 0.6 is 0 Å². The van der Waals surface area contributed by atoms with E-state index in [9.17, 15) is 0 Å². The Hall–Kier alpha value is -7.68. The van der Waals surface area contributed by atoms with Crippen molar-refractivity contribution in [3.05, 3.63) is 230 Å². The molecule has 0 spiro atoms. The molecular weight excluding hydrogens is 713 g/mol. The Kier molecular flexibility index (Phi) is 8.41. The first-order chi connectivity index (χ1) is 29.2. The highest BCUT2D eigenvalue weighted by molar-refractivity contribution is 6.16. The average molecular weight is 753 g/mol. The van der Waals surface area contributed by atoms with E-state index in [0.717, 1.165) is 33.8 Å². The van der Waals surface area contributed by atoms with E-state index in [1.54, 1.807) is 0 Å². The van der Waals surface area contributed by atoms with Crippen molar-refractivity contribution in [2.45, 2.75) is 6.92 Å². The zero-order valence-electron chi connectivity index (χ0n) is 32.8. The molecule has 10 aromatic carbocycles. The molecule has 0 saturated carbocycles. The number of anilines is 3. The van der Waals surface area contributed by atoms with Crippen LogP contribution < -0.4 is 4.90 Å². The van der Waals surface area contributed by atoms with Gasteiger partial charge in [-0.2, -0.15) is 0 Å². The number of fused-ring (bicyclic) bond motifs is 5. The van der Waals surface area contributed by atoms with Gasteiger partial charge in [-0.1, -0.05) is 182 Å². The van der Waals surface area contributed by atoms with Crippen molar-refractivity contribution in [3.8, 4) is 39.1 Å². The lowest BCUT2D eigenvalue weighted by molar-refractivity contribution is 1.17. The summed E-state index contributed by atoms with van der Waals surface area (Å²) in [6.45, 7) is 2.22. The second-order valence-electron chi connectivity index (χ2n) is 15.4. The van der Waals surface area contributed by atoms with E-state index in [-0.39, 0.29) is 0 Å². The molecule has 11 aromatic rings. The molecule has 0 aliphatic rings. The molecule has 0 amide bonds. The Balaban J connectivity index is 1.21. The van der Waals surface area contributed by atoms with E-state index in [1.165, 1.54) is 71.2 Å². The van der Waals surface area contributed by atoms with Gasteiger partial charge >= 0.3 is 0 Å². The van der Waals surface area contributed by atoms with Crippen molar-refractivity contribution in [1.29, 1.82) is 0 Å². The highest BCUT2D eigenvalue weighted by atomic mass is 15.2. The first kappa shape index (κ1) is 34.6. The topological polar surface area (TPSA) is 8.17 Å². The van der Waals surface area contributed by atoms with Crippen LogP contribution in [-0.2, 0) is 0 Å². The third-order valence-corrected chi connectivity index (χ3v) is 11.9. The predicted molar refractivity (Wildman–Crippen MR) is 252 cm³/mol. The molecule has 0 atom stereocenters. The molecule has 59 heavy (non-hydrogen) atoms. The summed E-state index contributed by atoms with van der Waals surface area (Å²) in [7, 11) is 0. The van der Waals surface area contributed by atoms with Gasteiger partial charge in [0, 0.05) is 38.5 Å². The fraction of sp³-hybridized carbons (Fsp3) is 0.0175. The molecule has 0 unspecified atom stereocenters. The summed E-state index contributed by atoms with van der Waals surface area (Å²) in [6.07, 6.45) is 0. The molecule has 1 heterocycles. The van der Waals surface area contributed by atoms with E-state index < -0.39 is 0 Å². The van der Waals surface area contributed by atoms with Gasteiger partial charge in [0.1, 0.15) is 0 Å². The minimum Gasteiger partial charge on any atom is -0.309 e. The largest absolute Gasteiger partial charge is 0.309 e. The monoisotopic (exact) mass is 752 g/mol. The van der Waals surface area contributed by atoms with Crippen molar-refractivity contribution in [3.63, 3.8) is 0 Å². The third-order valence-electron chi connectivity index (χ3n) is 11.9. The van der Waals surface area contributed by atoms with Gasteiger partial charge in [0.05, 0.1) is 22.4 Å². The summed E-state index contributed by atoms with van der Waals surface area (Å²) in [4.78, 5) is 2.52. The highest BCUT2D eigenvalue weighted by Gasteiger charge is 2.24. The lowest BCUT2D eigenvalue weighted by Crippen LogP contribution is -2.13. The first-order valence-corrected chi connectivity index (χ1v) is 20.4. The van der Waals surface area contributed by atoms with Crippen LogP contribution in [0.5, 0.6) is 0 Å². The first-order valence-electron chi connectivity index (χ1n) is 20.4. The van der Waals surface area contributed by atoms with E-state index in [4.69, 9.17) is 0 Å². The van der Waals surface area contributed by atoms with E-state index in [0.29, 0.717) is 0 Å². The van der Waals surface area contributed by atoms with Crippen LogP contribution in [0.3, 0.4) is 0 Å². The lowest BCUT2D eigenvalue weighted by atomic mass is 9.92. The smallest absolute Gasteiger partial charge is 0.0618 e. The van der Waals surface area contributed by atoms with Gasteiger partial charge in [-0.05, 0) is 93.5 Å². The number of aryl methyl sites for hydroxylation is 1. The maximum Gasteiger partial charge on any atom is 0.0618 e. The highest BCUT2D eigenvalue weighted by Crippen LogP contribution is 2.49. The van der Waals surface area contributed by atoms with Crippen LogP contribution in [0.2, 0.25) is 0 Å². The van der Waals surface area contributed by atoms with Gasteiger partial charge in [-0.25, -0.2) is 0 Å². The number of hydrogen-bond donors (Lipinski definition) is 0. The Bertz CT molecular complexity index is 3290. The molecular formula is C57H40N2. The lowest BCUT2D eigenvalue weighted by Gasteiger charge is -2.31. The van der Waals surface area contributed by atoms with Gasteiger partial charge in [-0.3, -0.25) is 0 Å². The molecule has 0 fully saturated rings. The third kappa shape index (κ3) is 5.88. The molecule has 2 nitrogen and oxygen atoms in total. The number of aromatic nitrogens is 1. The molecule has 11 rings (SSSR count). The van der Waals surface area contributed by atoms with Crippen molar-refractivity contribution in [1.82, 2.24) is 4.57 Å². The van der Waals surface area contributed by atoms with Crippen LogP contribution in [0.25, 0.3) is 82.4 Å². The summed E-state index contributed by atoms with van der Waals surface area (Å²) in [6, 6.07) is 81.9. The fourth-order valence-corrected chi connectivity index (χ4v) is 9.21. The second kappa shape index (κ2) is 14.4. The van der Waals surface area contributed by atoms with E-state index in [2.05, 4.69) is 241 Å². The van der Waals surface area contributed by atoms with Crippen molar-refractivity contribution in [2.75, 3.05) is 4.90 Å². The molecule has 0 bridgehead atoms. The summed E-state index contributed by atoms with van der Waals surface area (Å²) >= 11 is 0. The number of para-hydroxylation sites is 2. The van der Waals surface area contributed by atoms with Crippen molar-refractivity contribution in [2.24, 2.45) is 0 Å². The Labute approximate surface area is 344 Å². The van der Waals surface area contributed by atoms with Crippen LogP contribution in [0.4, 0.5) is 17.1 Å². The SMILES string of the molecule is Cc1cc(-n2c3ccccc3c3ccc(N(c4ccccc4-c4ccccc4-c4ccccc4)c4c5ccccc5cc5ccccc45)cc32)ccc1-c1ccccc1. The second-order valence-corrected chi connectivity index (χ2v) is 15.4. The average Bonchev–Trinajstić information content (AvgIpc) is 3.63. The van der Waals surface area contributed by atoms with Gasteiger partial charge in [-0.15, -0.1) is 0 Å². The maximum atomic E-state index is 2.52. The molecule has 0 N–H and O–H groups in total. The van der Waals surface area contributed by atoms with Gasteiger partial charge in [0.25, 0.3) is 0 Å². The van der Waals surface area contributed by atoms with Gasteiger partial charge in [0.2, 0.25) is 0 Å². The number of hydrogen-bond acceptors (Lipinski definition) is 1. The van der Waals surface area contributed by atoms with Gasteiger partial charge < -0.3 is 9.47 Å². The normalized spacial score (nSPS) is 11.5. The number of nitrogens with zero attached hydrogens (tertiary/aromatic N) is 2. The molecule has 0 saturated heterocycles. The maximum absolute atomic E-state index is 2.52.